The van der Waals surface area contributed by atoms with Gasteiger partial charge in [-0.05, 0) is 43.3 Å². The maximum atomic E-state index is 9.55. The summed E-state index contributed by atoms with van der Waals surface area (Å²) in [5.74, 6) is -0.595. The summed E-state index contributed by atoms with van der Waals surface area (Å²) in [5.41, 5.74) is 2.24. The number of hydrogen-bond acceptors (Lipinski definition) is 7. The topological polar surface area (TPSA) is 115 Å². The highest BCUT2D eigenvalue weighted by molar-refractivity contribution is 5.89. The number of nitrogens with one attached hydrogen (secondary N) is 1. The average Bonchev–Trinajstić information content (AvgIpc) is 2.90. The Labute approximate surface area is 210 Å². The molecule has 0 radical (unpaired) electrons. The third kappa shape index (κ3) is 8.28. The van der Waals surface area contributed by atoms with E-state index in [0.717, 1.165) is 62.8 Å². The number of hydrogen-bond donors (Lipinski definition) is 3. The van der Waals surface area contributed by atoms with Crippen molar-refractivity contribution in [1.29, 1.82) is 0 Å². The lowest BCUT2D eigenvalue weighted by molar-refractivity contribution is -0.134. The molecule has 0 amide bonds. The largest absolute Gasteiger partial charge is 0.495 e. The number of aromatic nitrogens is 1. The third-order valence-electron chi connectivity index (χ3n) is 5.72. The highest BCUT2D eigenvalue weighted by Crippen LogP contribution is 2.28. The molecule has 0 spiro atoms. The molecule has 1 aliphatic rings. The van der Waals surface area contributed by atoms with Crippen LogP contribution in [0.4, 0.5) is 11.5 Å². The standard InChI is InChI=1S/C23H28N4O.C4H4O4/c1-28-22-10-5-4-9-21(22)27-17-15-26(16-18-27)14-6-13-24-23-12-11-19-7-2-3-8-20(19)25-23;5-3(6)1-2-4(7)8/h2-5,7-12H,6,13-18H2,1H3,(H,24,25);1-2H,(H,5,6)(H,7,8). The number of nitrogens with zero attached hydrogens (tertiary/aromatic N) is 3. The zero-order valence-corrected chi connectivity index (χ0v) is 20.3. The molecule has 2 aromatic carbocycles. The Hall–Kier alpha value is -4.11. The third-order valence-corrected chi connectivity index (χ3v) is 5.72. The van der Waals surface area contributed by atoms with E-state index >= 15 is 0 Å². The molecule has 9 nitrogen and oxygen atoms in total. The molecule has 1 saturated heterocycles. The van der Waals surface area contributed by atoms with Crippen LogP contribution in [0.3, 0.4) is 0 Å². The van der Waals surface area contributed by atoms with Crippen LogP contribution in [0.2, 0.25) is 0 Å². The van der Waals surface area contributed by atoms with Crippen molar-refractivity contribution in [2.45, 2.75) is 6.42 Å². The number of fused-ring (bicyclic) bond motifs is 1. The first-order chi connectivity index (χ1) is 17.5. The summed E-state index contributed by atoms with van der Waals surface area (Å²) in [4.78, 5) is 28.7. The fourth-order valence-electron chi connectivity index (χ4n) is 3.93. The zero-order valence-electron chi connectivity index (χ0n) is 20.3. The van der Waals surface area contributed by atoms with Crippen LogP contribution in [-0.4, -0.2) is 78.4 Å². The van der Waals surface area contributed by atoms with Gasteiger partial charge >= 0.3 is 11.9 Å². The Morgan fingerprint density at radius 2 is 1.61 bits per heavy atom. The number of piperazine rings is 1. The van der Waals surface area contributed by atoms with Crippen molar-refractivity contribution in [2.75, 3.05) is 56.6 Å². The van der Waals surface area contributed by atoms with Gasteiger partial charge in [0.05, 0.1) is 18.3 Å². The van der Waals surface area contributed by atoms with Crippen molar-refractivity contribution in [3.63, 3.8) is 0 Å². The van der Waals surface area contributed by atoms with E-state index in [4.69, 9.17) is 14.9 Å². The number of anilines is 2. The normalized spacial score (nSPS) is 13.8. The van der Waals surface area contributed by atoms with Crippen LogP contribution in [0.25, 0.3) is 10.9 Å². The zero-order chi connectivity index (χ0) is 25.8. The van der Waals surface area contributed by atoms with Crippen molar-refractivity contribution < 1.29 is 24.5 Å². The molecule has 9 heteroatoms. The van der Waals surface area contributed by atoms with E-state index in [1.54, 1.807) is 7.11 Å². The number of carboxylic acids is 2. The Morgan fingerprint density at radius 1 is 0.944 bits per heavy atom. The van der Waals surface area contributed by atoms with Gasteiger partial charge in [-0.2, -0.15) is 0 Å². The van der Waals surface area contributed by atoms with Gasteiger partial charge in [-0.1, -0.05) is 30.3 Å². The summed E-state index contributed by atoms with van der Waals surface area (Å²) >= 11 is 0. The summed E-state index contributed by atoms with van der Waals surface area (Å²) in [6.07, 6.45) is 2.23. The van der Waals surface area contributed by atoms with Crippen LogP contribution in [-0.2, 0) is 9.59 Å². The number of carbonyl (C=O) groups is 2. The lowest BCUT2D eigenvalue weighted by Crippen LogP contribution is -2.46. The lowest BCUT2D eigenvalue weighted by atomic mass is 10.2. The number of ether oxygens (including phenoxy) is 1. The Bertz CT molecular complexity index is 1160. The van der Waals surface area contributed by atoms with Crippen LogP contribution in [0, 0.1) is 0 Å². The second-order valence-electron chi connectivity index (χ2n) is 8.18. The van der Waals surface area contributed by atoms with E-state index in [2.05, 4.69) is 56.5 Å². The monoisotopic (exact) mass is 492 g/mol. The molecule has 0 aliphatic carbocycles. The average molecular weight is 493 g/mol. The number of pyridine rings is 1. The van der Waals surface area contributed by atoms with Crippen LogP contribution >= 0.6 is 0 Å². The van der Waals surface area contributed by atoms with E-state index in [9.17, 15) is 9.59 Å². The van der Waals surface area contributed by atoms with Gasteiger partial charge in [-0.25, -0.2) is 14.6 Å². The number of rotatable bonds is 9. The first-order valence-electron chi connectivity index (χ1n) is 11.8. The molecule has 0 unspecified atom stereocenters. The Morgan fingerprint density at radius 3 is 2.31 bits per heavy atom. The maximum absolute atomic E-state index is 9.55. The molecule has 2 heterocycles. The van der Waals surface area contributed by atoms with Gasteiger partial charge in [0.25, 0.3) is 0 Å². The van der Waals surface area contributed by atoms with E-state index in [-0.39, 0.29) is 0 Å². The predicted molar refractivity (Wildman–Crippen MR) is 141 cm³/mol. The Balaban J connectivity index is 0.000000392. The quantitative estimate of drug-likeness (QED) is 0.304. The summed E-state index contributed by atoms with van der Waals surface area (Å²) in [6.45, 7) is 6.32. The molecule has 3 N–H and O–H groups in total. The Kier molecular flexibility index (Phi) is 10.1. The second-order valence-corrected chi connectivity index (χ2v) is 8.18. The van der Waals surface area contributed by atoms with Gasteiger partial charge in [0, 0.05) is 50.3 Å². The molecule has 4 rings (SSSR count). The first kappa shape index (κ1) is 26.5. The van der Waals surface area contributed by atoms with Gasteiger partial charge < -0.3 is 25.2 Å². The maximum Gasteiger partial charge on any atom is 0.328 e. The molecule has 1 aromatic heterocycles. The van der Waals surface area contributed by atoms with E-state index in [0.29, 0.717) is 12.2 Å². The number of benzene rings is 2. The highest BCUT2D eigenvalue weighted by Gasteiger charge is 2.19. The van der Waals surface area contributed by atoms with Crippen molar-refractivity contribution in [3.05, 3.63) is 72.8 Å². The summed E-state index contributed by atoms with van der Waals surface area (Å²) in [6, 6.07) is 20.7. The van der Waals surface area contributed by atoms with Crippen LogP contribution in [0.1, 0.15) is 6.42 Å². The molecule has 0 atom stereocenters. The second kappa shape index (κ2) is 13.7. The predicted octanol–water partition coefficient (Wildman–Crippen LogP) is 3.58. The van der Waals surface area contributed by atoms with Crippen LogP contribution in [0.5, 0.6) is 5.75 Å². The first-order valence-corrected chi connectivity index (χ1v) is 11.8. The van der Waals surface area contributed by atoms with Crippen molar-refractivity contribution in [2.24, 2.45) is 0 Å². The van der Waals surface area contributed by atoms with Crippen LogP contribution < -0.4 is 15.0 Å². The summed E-state index contributed by atoms with van der Waals surface area (Å²) in [5, 5.41) is 20.3. The molecular formula is C27H32N4O5. The van der Waals surface area contributed by atoms with E-state index in [1.165, 1.54) is 11.1 Å². The summed E-state index contributed by atoms with van der Waals surface area (Å²) in [7, 11) is 1.74. The highest BCUT2D eigenvalue weighted by atomic mass is 16.5. The van der Waals surface area contributed by atoms with E-state index in [1.807, 2.05) is 24.3 Å². The van der Waals surface area contributed by atoms with Gasteiger partial charge in [-0.3, -0.25) is 4.90 Å². The fourth-order valence-corrected chi connectivity index (χ4v) is 3.93. The number of para-hydroxylation sites is 3. The molecule has 0 saturated carbocycles. The number of carboxylic acid groups (broad SMARTS) is 2. The molecular weight excluding hydrogens is 460 g/mol. The molecule has 1 fully saturated rings. The minimum atomic E-state index is -1.26. The molecule has 3 aromatic rings. The number of methoxy groups -OCH3 is 1. The minimum absolute atomic E-state index is 0.558. The van der Waals surface area contributed by atoms with Crippen molar-refractivity contribution in [3.8, 4) is 5.75 Å². The van der Waals surface area contributed by atoms with Crippen LogP contribution in [0.15, 0.2) is 72.8 Å². The van der Waals surface area contributed by atoms with Gasteiger partial charge in [0.1, 0.15) is 11.6 Å². The minimum Gasteiger partial charge on any atom is -0.495 e. The van der Waals surface area contributed by atoms with Crippen molar-refractivity contribution >= 4 is 34.3 Å². The fraction of sp³-hybridized carbons (Fsp3) is 0.296. The van der Waals surface area contributed by atoms with Gasteiger partial charge in [-0.15, -0.1) is 0 Å². The van der Waals surface area contributed by atoms with Gasteiger partial charge in [0.15, 0.2) is 0 Å². The molecule has 36 heavy (non-hydrogen) atoms. The SMILES string of the molecule is COc1ccccc1N1CCN(CCCNc2ccc3ccccc3n2)CC1.O=C(O)C=CC(=O)O. The lowest BCUT2D eigenvalue weighted by Gasteiger charge is -2.36. The smallest absolute Gasteiger partial charge is 0.328 e. The van der Waals surface area contributed by atoms with Crippen molar-refractivity contribution in [1.82, 2.24) is 9.88 Å². The molecule has 1 aliphatic heterocycles. The van der Waals surface area contributed by atoms with Gasteiger partial charge in [0.2, 0.25) is 0 Å². The summed E-state index contributed by atoms with van der Waals surface area (Å²) < 4.78 is 5.50. The molecule has 190 valence electrons. The number of aliphatic carboxylic acids is 2. The van der Waals surface area contributed by atoms with E-state index < -0.39 is 11.9 Å². The molecule has 0 bridgehead atoms.